The number of hydrogen-bond acceptors (Lipinski definition) is 4. The fourth-order valence-electron chi connectivity index (χ4n) is 7.36. The molecule has 2 aromatic heterocycles. The van der Waals surface area contributed by atoms with Gasteiger partial charge in [-0.1, -0.05) is 158 Å². The maximum Gasteiger partial charge on any atom is 0.164 e. The first-order chi connectivity index (χ1) is 25.7. The lowest BCUT2D eigenvalue weighted by molar-refractivity contribution is 1.07. The van der Waals surface area contributed by atoms with E-state index in [1.54, 1.807) is 6.20 Å². The van der Waals surface area contributed by atoms with Crippen LogP contribution in [0.2, 0.25) is 0 Å². The zero-order valence-corrected chi connectivity index (χ0v) is 28.1. The van der Waals surface area contributed by atoms with Gasteiger partial charge in [0.25, 0.3) is 0 Å². The van der Waals surface area contributed by atoms with Crippen molar-refractivity contribution in [1.29, 1.82) is 0 Å². The van der Waals surface area contributed by atoms with Crippen molar-refractivity contribution in [3.05, 3.63) is 182 Å². The minimum absolute atomic E-state index is 0.624. The fourth-order valence-corrected chi connectivity index (χ4v) is 7.36. The standard InChI is InChI=1S/C48H30N4/c1-2-7-31(8-3-1)39-11-5-12-40(29-39)48-51-46(37-20-14-32(15-21-37)41-13-6-28-49-30-41)50-47(52-48)38-22-16-33(17-23-38)42-26-24-36-19-18-34-9-4-10-35-25-27-43(42)45(36)44(34)35/h1-30H. The summed E-state index contributed by atoms with van der Waals surface area (Å²) in [6, 6.07) is 59.8. The third kappa shape index (κ3) is 5.26. The molecule has 0 atom stereocenters. The lowest BCUT2D eigenvalue weighted by Gasteiger charge is -2.14. The molecule has 0 saturated heterocycles. The molecule has 0 radical (unpaired) electrons. The molecule has 4 heteroatoms. The van der Waals surface area contributed by atoms with E-state index in [0.717, 1.165) is 44.5 Å². The topological polar surface area (TPSA) is 51.6 Å². The maximum absolute atomic E-state index is 5.08. The Hall–Kier alpha value is -7.04. The molecular weight excluding hydrogens is 633 g/mol. The van der Waals surface area contributed by atoms with Gasteiger partial charge in [0.2, 0.25) is 0 Å². The Morgan fingerprint density at radius 3 is 1.52 bits per heavy atom. The second-order valence-corrected chi connectivity index (χ2v) is 13.1. The zero-order valence-electron chi connectivity index (χ0n) is 28.1. The van der Waals surface area contributed by atoms with Crippen LogP contribution < -0.4 is 0 Å². The number of benzene rings is 8. The van der Waals surface area contributed by atoms with Crippen LogP contribution in [-0.2, 0) is 0 Å². The van der Waals surface area contributed by atoms with E-state index in [4.69, 9.17) is 15.0 Å². The highest BCUT2D eigenvalue weighted by molar-refractivity contribution is 6.25. The van der Waals surface area contributed by atoms with Gasteiger partial charge in [-0.25, -0.2) is 15.0 Å². The molecule has 0 N–H and O–H groups in total. The van der Waals surface area contributed by atoms with Crippen molar-refractivity contribution >= 4 is 32.3 Å². The quantitative estimate of drug-likeness (QED) is 0.166. The van der Waals surface area contributed by atoms with Crippen LogP contribution in [0.3, 0.4) is 0 Å². The Kier molecular flexibility index (Phi) is 7.10. The van der Waals surface area contributed by atoms with E-state index in [1.165, 1.54) is 37.9 Å². The van der Waals surface area contributed by atoms with Gasteiger partial charge in [-0.3, -0.25) is 4.98 Å². The summed E-state index contributed by atoms with van der Waals surface area (Å²) in [5.41, 5.74) is 9.55. The third-order valence-electron chi connectivity index (χ3n) is 9.98. The summed E-state index contributed by atoms with van der Waals surface area (Å²) in [5.74, 6) is 1.88. The molecule has 0 aliphatic carbocycles. The van der Waals surface area contributed by atoms with Gasteiger partial charge in [-0.15, -0.1) is 0 Å². The lowest BCUT2D eigenvalue weighted by atomic mass is 9.90. The molecule has 0 amide bonds. The maximum atomic E-state index is 5.08. The summed E-state index contributed by atoms with van der Waals surface area (Å²) in [4.78, 5) is 19.5. The zero-order chi connectivity index (χ0) is 34.4. The fraction of sp³-hybridized carbons (Fsp3) is 0. The second-order valence-electron chi connectivity index (χ2n) is 13.1. The van der Waals surface area contributed by atoms with Crippen molar-refractivity contribution in [3.8, 4) is 67.5 Å². The predicted molar refractivity (Wildman–Crippen MR) is 214 cm³/mol. The number of hydrogen-bond donors (Lipinski definition) is 0. The van der Waals surface area contributed by atoms with Crippen molar-refractivity contribution in [1.82, 2.24) is 19.9 Å². The minimum Gasteiger partial charge on any atom is -0.264 e. The summed E-state index contributed by atoms with van der Waals surface area (Å²) in [6.45, 7) is 0. The monoisotopic (exact) mass is 662 g/mol. The Morgan fingerprint density at radius 1 is 0.308 bits per heavy atom. The van der Waals surface area contributed by atoms with Crippen molar-refractivity contribution in [2.45, 2.75) is 0 Å². The average molecular weight is 663 g/mol. The van der Waals surface area contributed by atoms with E-state index in [0.29, 0.717) is 17.5 Å². The Bertz CT molecular complexity index is 2850. The van der Waals surface area contributed by atoms with Crippen molar-refractivity contribution in [2.24, 2.45) is 0 Å². The highest BCUT2D eigenvalue weighted by atomic mass is 15.0. The summed E-state index contributed by atoms with van der Waals surface area (Å²) in [5, 5.41) is 7.69. The summed E-state index contributed by atoms with van der Waals surface area (Å²) >= 11 is 0. The van der Waals surface area contributed by atoms with E-state index >= 15 is 0 Å². The Morgan fingerprint density at radius 2 is 0.827 bits per heavy atom. The molecule has 2 heterocycles. The molecule has 0 unspecified atom stereocenters. The molecule has 0 fully saturated rings. The van der Waals surface area contributed by atoms with Crippen LogP contribution >= 0.6 is 0 Å². The van der Waals surface area contributed by atoms with E-state index in [1.807, 2.05) is 18.3 Å². The SMILES string of the molecule is c1ccc(-c2cccc(-c3nc(-c4ccc(-c5cccnc5)cc4)nc(-c4ccc(-c5ccc6ccc7cccc8ccc5c6c78)cc4)n3)c2)cc1. The van der Waals surface area contributed by atoms with Gasteiger partial charge in [0.05, 0.1) is 0 Å². The summed E-state index contributed by atoms with van der Waals surface area (Å²) in [6.07, 6.45) is 3.66. The molecule has 10 aromatic rings. The average Bonchev–Trinajstić information content (AvgIpc) is 3.23. The molecule has 0 bridgehead atoms. The first-order valence-corrected chi connectivity index (χ1v) is 17.5. The summed E-state index contributed by atoms with van der Waals surface area (Å²) in [7, 11) is 0. The van der Waals surface area contributed by atoms with Crippen LogP contribution in [0.25, 0.3) is 99.9 Å². The Balaban J connectivity index is 1.08. The highest BCUT2D eigenvalue weighted by Gasteiger charge is 2.15. The lowest BCUT2D eigenvalue weighted by Crippen LogP contribution is -2.00. The normalized spacial score (nSPS) is 11.5. The molecule has 242 valence electrons. The predicted octanol–water partition coefficient (Wildman–Crippen LogP) is 12.2. The second kappa shape index (κ2) is 12.4. The summed E-state index contributed by atoms with van der Waals surface area (Å²) < 4.78 is 0. The molecule has 0 aliphatic heterocycles. The molecule has 8 aromatic carbocycles. The minimum atomic E-state index is 0.624. The smallest absolute Gasteiger partial charge is 0.164 e. The number of aromatic nitrogens is 4. The molecule has 0 spiro atoms. The molecular formula is C48H30N4. The van der Waals surface area contributed by atoms with Crippen molar-refractivity contribution < 1.29 is 0 Å². The van der Waals surface area contributed by atoms with Crippen LogP contribution in [0, 0.1) is 0 Å². The van der Waals surface area contributed by atoms with E-state index in [2.05, 4.69) is 163 Å². The molecule has 0 saturated carbocycles. The van der Waals surface area contributed by atoms with Crippen LogP contribution in [0.1, 0.15) is 0 Å². The largest absolute Gasteiger partial charge is 0.264 e. The van der Waals surface area contributed by atoms with E-state index < -0.39 is 0 Å². The number of rotatable bonds is 6. The first kappa shape index (κ1) is 29.8. The van der Waals surface area contributed by atoms with Crippen molar-refractivity contribution in [2.75, 3.05) is 0 Å². The van der Waals surface area contributed by atoms with Gasteiger partial charge in [0, 0.05) is 29.1 Å². The van der Waals surface area contributed by atoms with Gasteiger partial charge < -0.3 is 0 Å². The number of pyridine rings is 1. The molecule has 0 aliphatic rings. The van der Waals surface area contributed by atoms with Crippen LogP contribution in [0.4, 0.5) is 0 Å². The van der Waals surface area contributed by atoms with Gasteiger partial charge in [-0.05, 0) is 77.8 Å². The molecule has 52 heavy (non-hydrogen) atoms. The van der Waals surface area contributed by atoms with Gasteiger partial charge in [0.1, 0.15) is 0 Å². The first-order valence-electron chi connectivity index (χ1n) is 17.5. The molecule has 4 nitrogen and oxygen atoms in total. The van der Waals surface area contributed by atoms with E-state index in [-0.39, 0.29) is 0 Å². The number of nitrogens with zero attached hydrogens (tertiary/aromatic N) is 4. The highest BCUT2D eigenvalue weighted by Crippen LogP contribution is 2.39. The van der Waals surface area contributed by atoms with Gasteiger partial charge >= 0.3 is 0 Å². The van der Waals surface area contributed by atoms with E-state index in [9.17, 15) is 0 Å². The third-order valence-corrected chi connectivity index (χ3v) is 9.98. The van der Waals surface area contributed by atoms with Crippen LogP contribution in [0.15, 0.2) is 182 Å². The van der Waals surface area contributed by atoms with Crippen LogP contribution in [-0.4, -0.2) is 19.9 Å². The Labute approximate surface area is 301 Å². The van der Waals surface area contributed by atoms with Crippen molar-refractivity contribution in [3.63, 3.8) is 0 Å². The molecule has 10 rings (SSSR count). The van der Waals surface area contributed by atoms with Gasteiger partial charge in [0.15, 0.2) is 17.5 Å². The van der Waals surface area contributed by atoms with Crippen LogP contribution in [0.5, 0.6) is 0 Å². The van der Waals surface area contributed by atoms with Gasteiger partial charge in [-0.2, -0.15) is 0 Å².